The SMILES string of the molecule is O=C(O)Cc1ccccc1NC(=O)c1cccc(N=S2(=O)CCCC2)c1. The Morgan fingerprint density at radius 1 is 1.08 bits per heavy atom. The number of carboxylic acids is 1. The molecule has 0 bridgehead atoms. The molecule has 3 rings (SSSR count). The van der Waals surface area contributed by atoms with E-state index >= 15 is 0 Å². The van der Waals surface area contributed by atoms with Crippen LogP contribution in [0.4, 0.5) is 11.4 Å². The molecule has 0 spiro atoms. The van der Waals surface area contributed by atoms with Gasteiger partial charge in [-0.1, -0.05) is 24.3 Å². The van der Waals surface area contributed by atoms with E-state index in [4.69, 9.17) is 5.11 Å². The molecule has 0 saturated carbocycles. The number of nitrogens with one attached hydrogen (secondary N) is 1. The van der Waals surface area contributed by atoms with Crippen LogP contribution in [0.1, 0.15) is 28.8 Å². The number of hydrogen-bond acceptors (Lipinski definition) is 4. The Labute approximate surface area is 152 Å². The van der Waals surface area contributed by atoms with Crippen molar-refractivity contribution in [1.82, 2.24) is 0 Å². The summed E-state index contributed by atoms with van der Waals surface area (Å²) in [4.78, 5) is 23.5. The highest BCUT2D eigenvalue weighted by molar-refractivity contribution is 7.93. The number of rotatable bonds is 5. The molecule has 1 amide bonds. The van der Waals surface area contributed by atoms with Crippen molar-refractivity contribution in [3.8, 4) is 0 Å². The van der Waals surface area contributed by atoms with Crippen LogP contribution in [-0.2, 0) is 20.9 Å². The molecular formula is C19H20N2O4S. The number of nitrogens with zero attached hydrogens (tertiary/aromatic N) is 1. The molecule has 136 valence electrons. The number of benzene rings is 2. The maximum absolute atomic E-state index is 12.6. The van der Waals surface area contributed by atoms with E-state index in [0.717, 1.165) is 12.8 Å². The van der Waals surface area contributed by atoms with Gasteiger partial charge in [0.05, 0.1) is 21.8 Å². The molecule has 2 aromatic carbocycles. The molecule has 6 nitrogen and oxygen atoms in total. The number of amides is 1. The van der Waals surface area contributed by atoms with Gasteiger partial charge in [0.1, 0.15) is 0 Å². The van der Waals surface area contributed by atoms with Crippen LogP contribution in [0.3, 0.4) is 0 Å². The van der Waals surface area contributed by atoms with Crippen molar-refractivity contribution in [2.75, 3.05) is 16.8 Å². The average molecular weight is 372 g/mol. The molecule has 2 N–H and O–H groups in total. The largest absolute Gasteiger partial charge is 0.481 e. The van der Waals surface area contributed by atoms with Crippen molar-refractivity contribution in [3.05, 3.63) is 59.7 Å². The van der Waals surface area contributed by atoms with Gasteiger partial charge in [-0.3, -0.25) is 9.59 Å². The van der Waals surface area contributed by atoms with Crippen LogP contribution in [0.5, 0.6) is 0 Å². The Hall–Kier alpha value is -2.67. The summed E-state index contributed by atoms with van der Waals surface area (Å²) in [5, 5.41) is 11.7. The highest BCUT2D eigenvalue weighted by Crippen LogP contribution is 2.23. The quantitative estimate of drug-likeness (QED) is 0.840. The van der Waals surface area contributed by atoms with E-state index < -0.39 is 15.7 Å². The van der Waals surface area contributed by atoms with Crippen molar-refractivity contribution < 1.29 is 18.9 Å². The molecule has 0 unspecified atom stereocenters. The summed E-state index contributed by atoms with van der Waals surface area (Å²) in [5.41, 5.74) is 1.91. The first kappa shape index (κ1) is 18.1. The number of carboxylic acid groups (broad SMARTS) is 1. The monoisotopic (exact) mass is 372 g/mol. The maximum atomic E-state index is 12.6. The number of aliphatic carboxylic acids is 1. The lowest BCUT2D eigenvalue weighted by Crippen LogP contribution is -2.14. The van der Waals surface area contributed by atoms with E-state index in [0.29, 0.717) is 34.0 Å². The zero-order valence-electron chi connectivity index (χ0n) is 14.2. The zero-order chi connectivity index (χ0) is 18.6. The minimum absolute atomic E-state index is 0.173. The van der Waals surface area contributed by atoms with Gasteiger partial charge in [0, 0.05) is 22.8 Å². The summed E-state index contributed by atoms with van der Waals surface area (Å²) in [6, 6.07) is 13.5. The first-order valence-electron chi connectivity index (χ1n) is 8.39. The fourth-order valence-electron chi connectivity index (χ4n) is 2.90. The van der Waals surface area contributed by atoms with E-state index in [1.807, 2.05) is 0 Å². The van der Waals surface area contributed by atoms with Crippen LogP contribution in [0.2, 0.25) is 0 Å². The van der Waals surface area contributed by atoms with Gasteiger partial charge in [0.25, 0.3) is 5.91 Å². The Morgan fingerprint density at radius 2 is 1.81 bits per heavy atom. The third-order valence-corrected chi connectivity index (χ3v) is 6.56. The van der Waals surface area contributed by atoms with Gasteiger partial charge in [-0.25, -0.2) is 4.21 Å². The van der Waals surface area contributed by atoms with Crippen molar-refractivity contribution in [2.24, 2.45) is 4.36 Å². The lowest BCUT2D eigenvalue weighted by molar-refractivity contribution is -0.136. The van der Waals surface area contributed by atoms with Crippen LogP contribution in [0.15, 0.2) is 52.9 Å². The van der Waals surface area contributed by atoms with E-state index in [9.17, 15) is 13.8 Å². The predicted molar refractivity (Wildman–Crippen MR) is 101 cm³/mol. The molecule has 1 aliphatic rings. The maximum Gasteiger partial charge on any atom is 0.307 e. The lowest BCUT2D eigenvalue weighted by atomic mass is 10.1. The molecule has 1 aliphatic heterocycles. The highest BCUT2D eigenvalue weighted by atomic mass is 32.2. The fraction of sp³-hybridized carbons (Fsp3) is 0.263. The molecule has 1 heterocycles. The van der Waals surface area contributed by atoms with Crippen molar-refractivity contribution in [3.63, 3.8) is 0 Å². The smallest absolute Gasteiger partial charge is 0.307 e. The van der Waals surface area contributed by atoms with Crippen LogP contribution in [0.25, 0.3) is 0 Å². The predicted octanol–water partition coefficient (Wildman–Crippen LogP) is 3.46. The second kappa shape index (κ2) is 7.70. The van der Waals surface area contributed by atoms with E-state index in [1.54, 1.807) is 48.5 Å². The number of para-hydroxylation sites is 1. The average Bonchev–Trinajstić information content (AvgIpc) is 3.02. The first-order valence-corrected chi connectivity index (χ1v) is 10.2. The van der Waals surface area contributed by atoms with Crippen molar-refractivity contribution >= 4 is 33.0 Å². The first-order chi connectivity index (χ1) is 12.5. The fourth-order valence-corrected chi connectivity index (χ4v) is 5.09. The normalized spacial score (nSPS) is 15.4. The van der Waals surface area contributed by atoms with Gasteiger partial charge in [-0.15, -0.1) is 0 Å². The van der Waals surface area contributed by atoms with Gasteiger partial charge < -0.3 is 10.4 Å². The zero-order valence-corrected chi connectivity index (χ0v) is 15.0. The van der Waals surface area contributed by atoms with Gasteiger partial charge in [0.2, 0.25) is 0 Å². The van der Waals surface area contributed by atoms with Gasteiger partial charge in [-0.2, -0.15) is 4.36 Å². The molecule has 2 aromatic rings. The third-order valence-electron chi connectivity index (χ3n) is 4.16. The Balaban J connectivity index is 1.82. The molecule has 1 fully saturated rings. The number of anilines is 1. The van der Waals surface area contributed by atoms with E-state index in [1.165, 1.54) is 0 Å². The molecule has 0 aromatic heterocycles. The molecule has 0 atom stereocenters. The molecule has 26 heavy (non-hydrogen) atoms. The summed E-state index contributed by atoms with van der Waals surface area (Å²) in [5.74, 6) is -0.119. The highest BCUT2D eigenvalue weighted by Gasteiger charge is 2.17. The number of carbonyl (C=O) groups is 2. The lowest BCUT2D eigenvalue weighted by Gasteiger charge is -2.10. The summed E-state index contributed by atoms with van der Waals surface area (Å²) in [7, 11) is -2.20. The summed E-state index contributed by atoms with van der Waals surface area (Å²) >= 11 is 0. The van der Waals surface area contributed by atoms with Gasteiger partial charge in [0.15, 0.2) is 0 Å². The molecular weight excluding hydrogens is 352 g/mol. The standard InChI is InChI=1S/C19H20N2O4S/c22-18(23)13-14-6-1-2-9-17(14)20-19(24)15-7-5-8-16(12-15)21-26(25)10-3-4-11-26/h1-2,5-9,12H,3-4,10-11,13H2,(H,20,24)(H,22,23). The Bertz CT molecular complexity index is 950. The van der Waals surface area contributed by atoms with Crippen molar-refractivity contribution in [1.29, 1.82) is 0 Å². The molecule has 0 radical (unpaired) electrons. The van der Waals surface area contributed by atoms with Crippen LogP contribution < -0.4 is 5.32 Å². The minimum Gasteiger partial charge on any atom is -0.481 e. The van der Waals surface area contributed by atoms with E-state index in [-0.39, 0.29) is 12.3 Å². The summed E-state index contributed by atoms with van der Waals surface area (Å²) in [6.07, 6.45) is 1.67. The molecule has 0 aliphatic carbocycles. The molecule has 1 saturated heterocycles. The Morgan fingerprint density at radius 3 is 2.54 bits per heavy atom. The van der Waals surface area contributed by atoms with Crippen molar-refractivity contribution in [2.45, 2.75) is 19.3 Å². The number of hydrogen-bond donors (Lipinski definition) is 2. The summed E-state index contributed by atoms with van der Waals surface area (Å²) in [6.45, 7) is 0. The second-order valence-electron chi connectivity index (χ2n) is 6.21. The topological polar surface area (TPSA) is 95.8 Å². The van der Waals surface area contributed by atoms with Crippen LogP contribution in [0, 0.1) is 0 Å². The minimum atomic E-state index is -2.20. The van der Waals surface area contributed by atoms with Gasteiger partial charge in [-0.05, 0) is 42.7 Å². The third kappa shape index (κ3) is 4.49. The van der Waals surface area contributed by atoms with Crippen LogP contribution in [-0.4, -0.2) is 32.7 Å². The van der Waals surface area contributed by atoms with Gasteiger partial charge >= 0.3 is 5.97 Å². The Kier molecular flexibility index (Phi) is 5.37. The molecule has 7 heteroatoms. The number of carbonyl (C=O) groups excluding carboxylic acids is 1. The second-order valence-corrected chi connectivity index (χ2v) is 8.76. The summed E-state index contributed by atoms with van der Waals surface area (Å²) < 4.78 is 16.9. The van der Waals surface area contributed by atoms with Crippen LogP contribution >= 0.6 is 0 Å². The van der Waals surface area contributed by atoms with E-state index in [2.05, 4.69) is 9.68 Å².